The van der Waals surface area contributed by atoms with Crippen molar-refractivity contribution in [3.8, 4) is 5.75 Å². The molecule has 2 unspecified atom stereocenters. The number of aliphatic hydroxyl groups is 1. The predicted molar refractivity (Wildman–Crippen MR) is 106 cm³/mol. The molecule has 6 nitrogen and oxygen atoms in total. The van der Waals surface area contributed by atoms with E-state index in [9.17, 15) is 27.9 Å². The minimum Gasteiger partial charge on any atom is -0.406 e. The average Bonchev–Trinajstić information content (AvgIpc) is 2.74. The second-order valence-corrected chi connectivity index (χ2v) is 7.24. The number of ether oxygens (including phenoxy) is 1. The smallest absolute Gasteiger partial charge is 0.406 e. The third-order valence-electron chi connectivity index (χ3n) is 5.00. The monoisotopic (exact) mass is 436 g/mol. The van der Waals surface area contributed by atoms with Crippen LogP contribution >= 0.6 is 0 Å². The molecule has 1 aliphatic rings. The Morgan fingerprint density at radius 3 is 2.35 bits per heavy atom. The minimum absolute atomic E-state index is 0.101. The van der Waals surface area contributed by atoms with Gasteiger partial charge in [0.05, 0.1) is 6.10 Å². The number of piperidine rings is 1. The van der Waals surface area contributed by atoms with Crippen molar-refractivity contribution in [3.63, 3.8) is 0 Å². The number of alkyl halides is 3. The fourth-order valence-electron chi connectivity index (χ4n) is 3.51. The van der Waals surface area contributed by atoms with Gasteiger partial charge in [-0.3, -0.25) is 9.59 Å². The highest BCUT2D eigenvalue weighted by Crippen LogP contribution is 2.27. The highest BCUT2D eigenvalue weighted by molar-refractivity contribution is 5.89. The summed E-state index contributed by atoms with van der Waals surface area (Å²) < 4.78 is 40.6. The summed E-state index contributed by atoms with van der Waals surface area (Å²) in [7, 11) is 0. The van der Waals surface area contributed by atoms with E-state index in [-0.39, 0.29) is 12.5 Å². The molecule has 0 spiro atoms. The fourth-order valence-corrected chi connectivity index (χ4v) is 3.51. The van der Waals surface area contributed by atoms with Crippen molar-refractivity contribution in [1.82, 2.24) is 10.2 Å². The fraction of sp³-hybridized carbons (Fsp3) is 0.364. The Morgan fingerprint density at radius 1 is 1.06 bits per heavy atom. The van der Waals surface area contributed by atoms with Gasteiger partial charge in [0, 0.05) is 19.5 Å². The molecule has 2 N–H and O–H groups in total. The summed E-state index contributed by atoms with van der Waals surface area (Å²) in [5.41, 5.74) is 0.985. The summed E-state index contributed by atoms with van der Waals surface area (Å²) in [6, 6.07) is 12.9. The molecule has 31 heavy (non-hydrogen) atoms. The molecule has 0 saturated carbocycles. The lowest BCUT2D eigenvalue weighted by Gasteiger charge is -2.34. The molecule has 0 bridgehead atoms. The van der Waals surface area contributed by atoms with E-state index in [4.69, 9.17) is 0 Å². The van der Waals surface area contributed by atoms with Crippen LogP contribution in [-0.2, 0) is 9.59 Å². The largest absolute Gasteiger partial charge is 0.573 e. The summed E-state index contributed by atoms with van der Waals surface area (Å²) in [5, 5.41) is 13.0. The van der Waals surface area contributed by atoms with Crippen LogP contribution in [0.1, 0.15) is 42.5 Å². The molecule has 1 fully saturated rings. The second-order valence-electron chi connectivity index (χ2n) is 7.24. The standard InChI is InChI=1S/C22H23F3N2O4/c23-22(24,25)31-17-11-9-15(10-12-17)18(28)14-26-21(30)20(16-6-2-1-3-7-16)27-13-5-4-8-19(27)29/h1-3,6-7,9-12,18,20,28H,4-5,8,13-14H2,(H,26,30). The summed E-state index contributed by atoms with van der Waals surface area (Å²) in [6.45, 7) is 0.304. The van der Waals surface area contributed by atoms with Crippen LogP contribution in [0.5, 0.6) is 5.75 Å². The number of hydrogen-bond donors (Lipinski definition) is 2. The van der Waals surface area contributed by atoms with Gasteiger partial charge in [0.1, 0.15) is 11.8 Å². The molecular weight excluding hydrogens is 413 g/mol. The molecule has 1 heterocycles. The van der Waals surface area contributed by atoms with E-state index < -0.39 is 30.2 Å². The molecule has 0 aliphatic carbocycles. The second kappa shape index (κ2) is 9.82. The summed E-state index contributed by atoms with van der Waals surface area (Å²) in [6.07, 6.45) is -3.97. The summed E-state index contributed by atoms with van der Waals surface area (Å²) in [4.78, 5) is 26.9. The van der Waals surface area contributed by atoms with Gasteiger partial charge in [-0.1, -0.05) is 42.5 Å². The predicted octanol–water partition coefficient (Wildman–Crippen LogP) is 3.49. The number of likely N-dealkylation sites (tertiary alicyclic amines) is 1. The van der Waals surface area contributed by atoms with Crippen LogP contribution in [0.2, 0.25) is 0 Å². The number of rotatable bonds is 7. The van der Waals surface area contributed by atoms with E-state index in [1.54, 1.807) is 29.2 Å². The first-order valence-corrected chi connectivity index (χ1v) is 9.90. The highest BCUT2D eigenvalue weighted by Gasteiger charge is 2.33. The molecule has 2 atom stereocenters. The highest BCUT2D eigenvalue weighted by atomic mass is 19.4. The average molecular weight is 436 g/mol. The molecule has 1 saturated heterocycles. The Hall–Kier alpha value is -3.07. The van der Waals surface area contributed by atoms with Gasteiger partial charge in [-0.15, -0.1) is 13.2 Å². The van der Waals surface area contributed by atoms with Gasteiger partial charge in [0.15, 0.2) is 0 Å². The van der Waals surface area contributed by atoms with Gasteiger partial charge in [0.2, 0.25) is 11.8 Å². The van der Waals surface area contributed by atoms with Crippen LogP contribution in [0.25, 0.3) is 0 Å². The van der Waals surface area contributed by atoms with Gasteiger partial charge in [-0.05, 0) is 36.1 Å². The first kappa shape index (κ1) is 22.6. The van der Waals surface area contributed by atoms with Crippen LogP contribution in [0.3, 0.4) is 0 Å². The maximum Gasteiger partial charge on any atom is 0.573 e. The number of nitrogens with one attached hydrogen (secondary N) is 1. The minimum atomic E-state index is -4.80. The third-order valence-corrected chi connectivity index (χ3v) is 5.00. The van der Waals surface area contributed by atoms with Crippen molar-refractivity contribution in [2.45, 2.75) is 37.8 Å². The Balaban J connectivity index is 1.67. The normalized spacial score (nSPS) is 16.5. The molecular formula is C22H23F3N2O4. The Morgan fingerprint density at radius 2 is 1.74 bits per heavy atom. The van der Waals surface area contributed by atoms with Crippen LogP contribution in [0, 0.1) is 0 Å². The Bertz CT molecular complexity index is 888. The number of hydrogen-bond acceptors (Lipinski definition) is 4. The van der Waals surface area contributed by atoms with Crippen molar-refractivity contribution in [2.24, 2.45) is 0 Å². The maximum absolute atomic E-state index is 13.0. The number of carbonyl (C=O) groups is 2. The molecule has 2 aromatic carbocycles. The number of carbonyl (C=O) groups excluding carboxylic acids is 2. The van der Waals surface area contributed by atoms with Gasteiger partial charge < -0.3 is 20.1 Å². The van der Waals surface area contributed by atoms with E-state index in [2.05, 4.69) is 10.1 Å². The van der Waals surface area contributed by atoms with Crippen LogP contribution < -0.4 is 10.1 Å². The lowest BCUT2D eigenvalue weighted by Crippen LogP contribution is -2.46. The number of benzene rings is 2. The molecule has 3 rings (SSSR count). The lowest BCUT2D eigenvalue weighted by molar-refractivity contribution is -0.274. The van der Waals surface area contributed by atoms with Crippen LogP contribution in [0.15, 0.2) is 54.6 Å². The zero-order valence-corrected chi connectivity index (χ0v) is 16.6. The molecule has 0 aromatic heterocycles. The quantitative estimate of drug-likeness (QED) is 0.697. The first-order valence-electron chi connectivity index (χ1n) is 9.90. The summed E-state index contributed by atoms with van der Waals surface area (Å²) in [5.74, 6) is -0.936. The number of aliphatic hydroxyl groups excluding tert-OH is 1. The van der Waals surface area contributed by atoms with Crippen molar-refractivity contribution in [3.05, 3.63) is 65.7 Å². The van der Waals surface area contributed by atoms with Gasteiger partial charge in [0.25, 0.3) is 0 Å². The van der Waals surface area contributed by atoms with E-state index >= 15 is 0 Å². The number of halogens is 3. The van der Waals surface area contributed by atoms with Gasteiger partial charge in [-0.25, -0.2) is 0 Å². The molecule has 0 radical (unpaired) electrons. The first-order chi connectivity index (χ1) is 14.7. The van der Waals surface area contributed by atoms with Gasteiger partial charge >= 0.3 is 6.36 Å². The van der Waals surface area contributed by atoms with E-state index in [0.29, 0.717) is 24.1 Å². The van der Waals surface area contributed by atoms with Crippen molar-refractivity contribution in [1.29, 1.82) is 0 Å². The maximum atomic E-state index is 13.0. The van der Waals surface area contributed by atoms with E-state index in [0.717, 1.165) is 25.0 Å². The summed E-state index contributed by atoms with van der Waals surface area (Å²) >= 11 is 0. The van der Waals surface area contributed by atoms with E-state index in [1.807, 2.05) is 6.07 Å². The molecule has 2 amide bonds. The van der Waals surface area contributed by atoms with Crippen molar-refractivity contribution in [2.75, 3.05) is 13.1 Å². The SMILES string of the molecule is O=C(NCC(O)c1ccc(OC(F)(F)F)cc1)C(c1ccccc1)N1CCCCC1=O. The number of amides is 2. The van der Waals surface area contributed by atoms with Crippen LogP contribution in [-0.4, -0.2) is 41.3 Å². The van der Waals surface area contributed by atoms with E-state index in [1.165, 1.54) is 12.1 Å². The number of nitrogens with zero attached hydrogens (tertiary/aromatic N) is 1. The molecule has 166 valence electrons. The van der Waals surface area contributed by atoms with Crippen LogP contribution in [0.4, 0.5) is 13.2 Å². The zero-order chi connectivity index (χ0) is 22.4. The van der Waals surface area contributed by atoms with Gasteiger partial charge in [-0.2, -0.15) is 0 Å². The Kier molecular flexibility index (Phi) is 7.17. The molecule has 1 aliphatic heterocycles. The van der Waals surface area contributed by atoms with Crippen molar-refractivity contribution >= 4 is 11.8 Å². The third kappa shape index (κ3) is 6.21. The van der Waals surface area contributed by atoms with Crippen molar-refractivity contribution < 1.29 is 32.6 Å². The Labute approximate surface area is 177 Å². The zero-order valence-electron chi connectivity index (χ0n) is 16.6. The lowest BCUT2D eigenvalue weighted by atomic mass is 10.00. The topological polar surface area (TPSA) is 78.9 Å². The molecule has 2 aromatic rings. The molecule has 9 heteroatoms.